The molecule has 1 N–H and O–H groups in total. The fourth-order valence-corrected chi connectivity index (χ4v) is 4.66. The highest BCUT2D eigenvalue weighted by Gasteiger charge is 2.38. The second kappa shape index (κ2) is 9.74. The van der Waals surface area contributed by atoms with Crippen molar-refractivity contribution < 1.29 is 18.4 Å². The van der Waals surface area contributed by atoms with Crippen LogP contribution in [-0.4, -0.2) is 57.2 Å². The van der Waals surface area contributed by atoms with E-state index in [1.54, 1.807) is 25.3 Å². The summed E-state index contributed by atoms with van der Waals surface area (Å²) >= 11 is 0. The fraction of sp³-hybridized carbons (Fsp3) is 0.233. The van der Waals surface area contributed by atoms with Crippen molar-refractivity contribution in [2.75, 3.05) is 20.6 Å². The van der Waals surface area contributed by atoms with Crippen LogP contribution in [-0.2, 0) is 0 Å². The van der Waals surface area contributed by atoms with Crippen molar-refractivity contribution in [3.8, 4) is 11.3 Å². The van der Waals surface area contributed by atoms with Crippen LogP contribution < -0.4 is 5.43 Å². The predicted molar refractivity (Wildman–Crippen MR) is 146 cm³/mol. The Morgan fingerprint density at radius 3 is 2.36 bits per heavy atom. The van der Waals surface area contributed by atoms with E-state index in [0.29, 0.717) is 29.0 Å². The number of carbonyl (C=O) groups is 2. The minimum absolute atomic E-state index is 0.121. The van der Waals surface area contributed by atoms with E-state index in [1.807, 2.05) is 41.0 Å². The number of nitrogens with one attached hydrogen (secondary N) is 1. The molecule has 1 aliphatic heterocycles. The number of ketones is 1. The maximum atomic E-state index is 15.4. The summed E-state index contributed by atoms with van der Waals surface area (Å²) in [4.78, 5) is 32.1. The minimum Gasteiger partial charge on any atom is -0.329 e. The summed E-state index contributed by atoms with van der Waals surface area (Å²) in [7, 11) is 3.34. The molecule has 200 valence electrons. The Hall–Kier alpha value is -4.37. The second-order valence-electron chi connectivity index (χ2n) is 10.3. The van der Waals surface area contributed by atoms with Crippen molar-refractivity contribution in [2.24, 2.45) is 0 Å². The monoisotopic (exact) mass is 529 g/mol. The van der Waals surface area contributed by atoms with Crippen molar-refractivity contribution in [1.29, 1.82) is 0 Å². The number of hydrogen-bond donors (Lipinski definition) is 1. The molecule has 0 unspecified atom stereocenters. The van der Waals surface area contributed by atoms with Gasteiger partial charge in [-0.25, -0.2) is 19.2 Å². The molecule has 0 aliphatic carbocycles. The van der Waals surface area contributed by atoms with Gasteiger partial charge >= 0.3 is 0 Å². The van der Waals surface area contributed by atoms with Crippen LogP contribution in [0, 0.1) is 18.6 Å². The topological polar surface area (TPSA) is 70.0 Å². The van der Waals surface area contributed by atoms with Crippen LogP contribution in [0.25, 0.3) is 22.5 Å². The van der Waals surface area contributed by atoms with E-state index in [1.165, 1.54) is 45.2 Å². The molecule has 0 spiro atoms. The third-order valence-corrected chi connectivity index (χ3v) is 7.31. The Morgan fingerprint density at radius 1 is 1.00 bits per heavy atom. The summed E-state index contributed by atoms with van der Waals surface area (Å²) in [6.45, 7) is 5.45. The molecule has 0 bridgehead atoms. The van der Waals surface area contributed by atoms with Gasteiger partial charge < -0.3 is 9.91 Å². The lowest BCUT2D eigenvalue weighted by Gasteiger charge is -2.34. The van der Waals surface area contributed by atoms with Gasteiger partial charge in [0.15, 0.2) is 5.78 Å². The maximum absolute atomic E-state index is 15.4. The van der Waals surface area contributed by atoms with Crippen LogP contribution >= 0.6 is 0 Å². The second-order valence-corrected chi connectivity index (χ2v) is 10.3. The number of halogens is 2. The lowest BCUT2D eigenvalue weighted by molar-refractivity contribution is 0.0535. The van der Waals surface area contributed by atoms with Crippen molar-refractivity contribution in [3.05, 3.63) is 101 Å². The Labute approximate surface area is 225 Å². The van der Waals surface area contributed by atoms with E-state index in [-0.39, 0.29) is 11.1 Å². The number of Topliss-reactive ketones (excluding diaryl/α,β-unsaturated/α-hetero) is 1. The number of fused-ring (bicyclic) bond motifs is 1. The molecular formula is C30H29F2N5O2. The van der Waals surface area contributed by atoms with E-state index < -0.39 is 28.9 Å². The molecule has 1 aliphatic rings. The van der Waals surface area contributed by atoms with Crippen LogP contribution in [0.3, 0.4) is 0 Å². The Morgan fingerprint density at radius 2 is 1.69 bits per heavy atom. The minimum atomic E-state index is -1.42. The zero-order chi connectivity index (χ0) is 28.1. The number of likely N-dealkylation sites (N-methyl/N-ethyl adjacent to an activating group) is 1. The number of imidazole rings is 1. The zero-order valence-electron chi connectivity index (χ0n) is 22.4. The summed E-state index contributed by atoms with van der Waals surface area (Å²) in [5, 5.41) is 1.89. The number of hydrogen-bond acceptors (Lipinski definition) is 5. The average molecular weight is 530 g/mol. The first-order valence-electron chi connectivity index (χ1n) is 12.5. The van der Waals surface area contributed by atoms with Crippen LogP contribution in [0.15, 0.2) is 67.1 Å². The van der Waals surface area contributed by atoms with Crippen molar-refractivity contribution in [2.45, 2.75) is 26.3 Å². The molecule has 0 atom stereocenters. The first-order valence-corrected chi connectivity index (χ1v) is 12.5. The first kappa shape index (κ1) is 26.2. The molecular weight excluding hydrogens is 500 g/mol. The van der Waals surface area contributed by atoms with Crippen LogP contribution in [0.5, 0.6) is 0 Å². The average Bonchev–Trinajstić information content (AvgIpc) is 3.53. The summed E-state index contributed by atoms with van der Waals surface area (Å²) in [5.41, 5.74) is 6.19. The number of aryl methyl sites for hydroxylation is 1. The maximum Gasteiger partial charge on any atom is 0.257 e. The molecule has 0 saturated carbocycles. The van der Waals surface area contributed by atoms with Gasteiger partial charge in [-0.2, -0.15) is 0 Å². The van der Waals surface area contributed by atoms with Gasteiger partial charge in [-0.3, -0.25) is 14.0 Å². The highest BCUT2D eigenvalue weighted by molar-refractivity contribution is 6.06. The van der Waals surface area contributed by atoms with E-state index in [9.17, 15) is 14.0 Å². The van der Waals surface area contributed by atoms with Crippen molar-refractivity contribution >= 4 is 22.9 Å². The van der Waals surface area contributed by atoms with Crippen LogP contribution in [0.1, 0.15) is 45.7 Å². The molecule has 0 fully saturated rings. The number of rotatable bonds is 6. The van der Waals surface area contributed by atoms with E-state index in [4.69, 9.17) is 0 Å². The molecule has 2 aromatic heterocycles. The number of nitrogens with zero attached hydrogens (tertiary/aromatic N) is 4. The van der Waals surface area contributed by atoms with Gasteiger partial charge in [0, 0.05) is 38.6 Å². The van der Waals surface area contributed by atoms with Crippen LogP contribution in [0.2, 0.25) is 0 Å². The van der Waals surface area contributed by atoms with Gasteiger partial charge in [0.05, 0.1) is 23.0 Å². The molecule has 3 heterocycles. The number of pyridine rings is 1. The number of hydrazine groups is 1. The third-order valence-electron chi connectivity index (χ3n) is 7.31. The number of aromatic nitrogens is 2. The Balaban J connectivity index is 1.43. The summed E-state index contributed by atoms with van der Waals surface area (Å²) in [6, 6.07) is 12.5. The van der Waals surface area contributed by atoms with E-state index in [2.05, 4.69) is 10.4 Å². The van der Waals surface area contributed by atoms with Crippen molar-refractivity contribution in [1.82, 2.24) is 24.7 Å². The molecule has 5 rings (SSSR count). The third kappa shape index (κ3) is 4.70. The normalized spacial score (nSPS) is 13.6. The zero-order valence-corrected chi connectivity index (χ0v) is 22.4. The van der Waals surface area contributed by atoms with E-state index >= 15 is 4.39 Å². The predicted octanol–water partition coefficient (Wildman–Crippen LogP) is 5.11. The Bertz CT molecular complexity index is 1660. The first-order chi connectivity index (χ1) is 18.5. The quantitative estimate of drug-likeness (QED) is 0.352. The van der Waals surface area contributed by atoms with Crippen LogP contribution in [0.4, 0.5) is 8.78 Å². The molecule has 39 heavy (non-hydrogen) atoms. The fourth-order valence-electron chi connectivity index (χ4n) is 4.66. The number of carbonyl (C=O) groups excluding carboxylic acids is 2. The summed E-state index contributed by atoms with van der Waals surface area (Å²) in [5.74, 6) is -2.65. The molecule has 0 radical (unpaired) electrons. The molecule has 9 heteroatoms. The lowest BCUT2D eigenvalue weighted by atomic mass is 9.90. The highest BCUT2D eigenvalue weighted by Crippen LogP contribution is 2.28. The van der Waals surface area contributed by atoms with Gasteiger partial charge in [0.1, 0.15) is 22.8 Å². The smallest absolute Gasteiger partial charge is 0.257 e. The van der Waals surface area contributed by atoms with Crippen molar-refractivity contribution in [3.63, 3.8) is 0 Å². The molecule has 1 amide bonds. The van der Waals surface area contributed by atoms with Gasteiger partial charge in [0.25, 0.3) is 5.91 Å². The molecule has 4 aromatic rings. The van der Waals surface area contributed by atoms with Gasteiger partial charge in [-0.15, -0.1) is 0 Å². The standard InChI is InChI=1S/C30H29F2N5O2/c1-18-6-9-22(24(31)12-18)28(38)30(2,3)36(5)29(39)23-10-7-19(13-25(23)32)26-15-33-27-11-8-20(17-37(26)27)21-14-34-35(4)16-21/h6-13,15-17,34H,14H2,1-5H3. The lowest BCUT2D eigenvalue weighted by Crippen LogP contribution is -2.51. The number of amides is 1. The summed E-state index contributed by atoms with van der Waals surface area (Å²) in [6.07, 6.45) is 5.62. The number of benzene rings is 2. The van der Waals surface area contributed by atoms with Gasteiger partial charge in [-0.05, 0) is 73.9 Å². The SMILES string of the molecule is Cc1ccc(C(=O)C(C)(C)N(C)C(=O)c2ccc(-c3cnc4ccc(C5=CN(C)NC5)cn34)cc2F)c(F)c1. The van der Waals surface area contributed by atoms with Gasteiger partial charge in [-0.1, -0.05) is 12.1 Å². The van der Waals surface area contributed by atoms with Gasteiger partial charge in [0.2, 0.25) is 0 Å². The molecule has 2 aromatic carbocycles. The molecule has 0 saturated heterocycles. The summed E-state index contributed by atoms with van der Waals surface area (Å²) < 4.78 is 31.8. The van der Waals surface area contributed by atoms with E-state index in [0.717, 1.165) is 16.0 Å². The largest absolute Gasteiger partial charge is 0.329 e. The highest BCUT2D eigenvalue weighted by atomic mass is 19.1. The Kier molecular flexibility index (Phi) is 6.56. The molecule has 7 nitrogen and oxygen atoms in total.